The van der Waals surface area contributed by atoms with E-state index in [9.17, 15) is 0 Å². The summed E-state index contributed by atoms with van der Waals surface area (Å²) < 4.78 is 7.49. The topological polar surface area (TPSA) is 47.6 Å². The van der Waals surface area contributed by atoms with Gasteiger partial charge in [-0.1, -0.05) is 15.9 Å². The van der Waals surface area contributed by atoms with Crippen LogP contribution < -0.4 is 10.6 Å². The van der Waals surface area contributed by atoms with E-state index >= 15 is 0 Å². The van der Waals surface area contributed by atoms with Crippen molar-refractivity contribution in [3.8, 4) is 5.75 Å². The number of benzene rings is 1. The zero-order valence-electron chi connectivity index (χ0n) is 8.50. The molecule has 0 saturated heterocycles. The third-order valence-corrected chi connectivity index (χ3v) is 2.65. The Hall–Kier alpha value is -0.550. The molecule has 0 aromatic heterocycles. The van der Waals surface area contributed by atoms with E-state index in [4.69, 9.17) is 10.6 Å². The zero-order chi connectivity index (χ0) is 11.4. The molecule has 82 valence electrons. The van der Waals surface area contributed by atoms with E-state index in [1.807, 2.05) is 26.0 Å². The van der Waals surface area contributed by atoms with E-state index in [-0.39, 0.29) is 6.10 Å². The fourth-order valence-corrected chi connectivity index (χ4v) is 2.47. The van der Waals surface area contributed by atoms with Crippen molar-refractivity contribution >= 4 is 38.1 Å². The average Bonchev–Trinajstić information content (AvgIpc) is 2.11. The second-order valence-corrected chi connectivity index (χ2v) is 5.02. The predicted octanol–water partition coefficient (Wildman–Crippen LogP) is 3.29. The van der Waals surface area contributed by atoms with Gasteiger partial charge >= 0.3 is 0 Å². The second kappa shape index (κ2) is 5.51. The predicted molar refractivity (Wildman–Crippen MR) is 69.4 cm³/mol. The summed E-state index contributed by atoms with van der Waals surface area (Å²) in [6.07, 6.45) is 1.67. The Morgan fingerprint density at radius 3 is 2.60 bits per heavy atom. The molecule has 0 amide bonds. The lowest BCUT2D eigenvalue weighted by Gasteiger charge is -2.14. The third-order valence-electron chi connectivity index (χ3n) is 1.60. The SMILES string of the molecule is CC(C)Oc1c(Br)cc(Br)cc1C=NN. The highest BCUT2D eigenvalue weighted by atomic mass is 79.9. The van der Waals surface area contributed by atoms with Gasteiger partial charge in [0, 0.05) is 10.0 Å². The molecule has 15 heavy (non-hydrogen) atoms. The maximum absolute atomic E-state index is 5.67. The maximum atomic E-state index is 5.67. The van der Waals surface area contributed by atoms with Crippen molar-refractivity contribution in [2.45, 2.75) is 20.0 Å². The van der Waals surface area contributed by atoms with Crippen molar-refractivity contribution in [3.63, 3.8) is 0 Å². The summed E-state index contributed by atoms with van der Waals surface area (Å²) in [5.74, 6) is 5.90. The molecule has 0 radical (unpaired) electrons. The summed E-state index contributed by atoms with van der Waals surface area (Å²) in [6.45, 7) is 3.94. The quantitative estimate of drug-likeness (QED) is 0.523. The van der Waals surface area contributed by atoms with Crippen LogP contribution in [0.15, 0.2) is 26.2 Å². The van der Waals surface area contributed by atoms with E-state index < -0.39 is 0 Å². The molecular weight excluding hydrogens is 324 g/mol. The highest BCUT2D eigenvalue weighted by molar-refractivity contribution is 9.11. The average molecular weight is 336 g/mol. The highest BCUT2D eigenvalue weighted by Gasteiger charge is 2.10. The van der Waals surface area contributed by atoms with Crippen molar-refractivity contribution in [2.75, 3.05) is 0 Å². The number of hydrogen-bond donors (Lipinski definition) is 1. The van der Waals surface area contributed by atoms with Gasteiger partial charge in [-0.25, -0.2) is 0 Å². The normalized spacial score (nSPS) is 11.3. The Morgan fingerprint density at radius 2 is 2.07 bits per heavy atom. The van der Waals surface area contributed by atoms with Crippen LogP contribution in [-0.4, -0.2) is 12.3 Å². The molecule has 3 nitrogen and oxygen atoms in total. The first-order valence-electron chi connectivity index (χ1n) is 4.43. The molecule has 0 bridgehead atoms. The number of ether oxygens (including phenoxy) is 1. The number of hydrazone groups is 1. The minimum absolute atomic E-state index is 0.104. The van der Waals surface area contributed by atoms with Crippen LogP contribution in [0.25, 0.3) is 0 Å². The van der Waals surface area contributed by atoms with Gasteiger partial charge in [-0.2, -0.15) is 5.10 Å². The largest absolute Gasteiger partial charge is 0.489 e. The summed E-state index contributed by atoms with van der Waals surface area (Å²) >= 11 is 6.83. The highest BCUT2D eigenvalue weighted by Crippen LogP contribution is 2.32. The van der Waals surface area contributed by atoms with Crippen LogP contribution in [0.3, 0.4) is 0 Å². The minimum Gasteiger partial charge on any atom is -0.489 e. The molecule has 1 aromatic carbocycles. The second-order valence-electron chi connectivity index (χ2n) is 3.25. The lowest BCUT2D eigenvalue weighted by atomic mass is 10.2. The lowest BCUT2D eigenvalue weighted by molar-refractivity contribution is 0.240. The van der Waals surface area contributed by atoms with Crippen LogP contribution in [0.5, 0.6) is 5.75 Å². The Balaban J connectivity index is 3.20. The van der Waals surface area contributed by atoms with Crippen LogP contribution in [0.1, 0.15) is 19.4 Å². The van der Waals surface area contributed by atoms with Gasteiger partial charge in [0.05, 0.1) is 16.8 Å². The van der Waals surface area contributed by atoms with Gasteiger partial charge in [-0.05, 0) is 41.9 Å². The van der Waals surface area contributed by atoms with E-state index in [1.54, 1.807) is 6.21 Å². The molecule has 0 heterocycles. The fraction of sp³-hybridized carbons (Fsp3) is 0.300. The molecular formula is C10H12Br2N2O. The van der Waals surface area contributed by atoms with Gasteiger partial charge in [-0.15, -0.1) is 0 Å². The molecule has 0 aliphatic carbocycles. The van der Waals surface area contributed by atoms with Crippen LogP contribution in [0.2, 0.25) is 0 Å². The van der Waals surface area contributed by atoms with Gasteiger partial charge in [-0.3, -0.25) is 0 Å². The number of nitrogens with zero attached hydrogens (tertiary/aromatic N) is 1. The Bertz CT molecular complexity index is 378. The number of hydrogen-bond acceptors (Lipinski definition) is 3. The molecule has 1 aromatic rings. The van der Waals surface area contributed by atoms with Gasteiger partial charge in [0.15, 0.2) is 0 Å². The van der Waals surface area contributed by atoms with E-state index in [0.717, 1.165) is 20.3 Å². The Morgan fingerprint density at radius 1 is 1.40 bits per heavy atom. The standard InChI is InChI=1S/C10H12Br2N2O/c1-6(2)15-10-7(5-14-13)3-8(11)4-9(10)12/h3-6H,13H2,1-2H3. The molecule has 0 aliphatic heterocycles. The number of rotatable bonds is 3. The van der Waals surface area contributed by atoms with Crippen molar-refractivity contribution in [3.05, 3.63) is 26.6 Å². The van der Waals surface area contributed by atoms with Crippen molar-refractivity contribution < 1.29 is 4.74 Å². The summed E-state index contributed by atoms with van der Waals surface area (Å²) in [5.41, 5.74) is 0.840. The van der Waals surface area contributed by atoms with Gasteiger partial charge in [0.25, 0.3) is 0 Å². The molecule has 0 saturated carbocycles. The Labute approximate surface area is 106 Å². The van der Waals surface area contributed by atoms with Crippen LogP contribution in [0.4, 0.5) is 0 Å². The summed E-state index contributed by atoms with van der Waals surface area (Å²) in [7, 11) is 0. The molecule has 0 fully saturated rings. The van der Waals surface area contributed by atoms with Crippen molar-refractivity contribution in [1.29, 1.82) is 0 Å². The molecule has 5 heteroatoms. The molecule has 1 rings (SSSR count). The van der Waals surface area contributed by atoms with Crippen LogP contribution in [0, 0.1) is 0 Å². The fourth-order valence-electron chi connectivity index (χ4n) is 1.12. The van der Waals surface area contributed by atoms with Crippen molar-refractivity contribution in [2.24, 2.45) is 10.9 Å². The monoisotopic (exact) mass is 334 g/mol. The number of halogens is 2. The molecule has 0 spiro atoms. The molecule has 0 atom stereocenters. The molecule has 2 N–H and O–H groups in total. The molecule has 0 unspecified atom stereocenters. The first-order chi connectivity index (χ1) is 7.04. The first kappa shape index (κ1) is 12.5. The Kier molecular flexibility index (Phi) is 4.60. The van der Waals surface area contributed by atoms with Gasteiger partial charge < -0.3 is 10.6 Å². The smallest absolute Gasteiger partial charge is 0.142 e. The first-order valence-corrected chi connectivity index (χ1v) is 6.02. The summed E-state index contributed by atoms with van der Waals surface area (Å²) in [4.78, 5) is 0. The minimum atomic E-state index is 0.104. The van der Waals surface area contributed by atoms with E-state index in [1.165, 1.54) is 0 Å². The molecule has 0 aliphatic rings. The van der Waals surface area contributed by atoms with E-state index in [0.29, 0.717) is 0 Å². The van der Waals surface area contributed by atoms with Gasteiger partial charge in [0.1, 0.15) is 5.75 Å². The number of nitrogens with two attached hydrogens (primary N) is 1. The van der Waals surface area contributed by atoms with Crippen LogP contribution in [-0.2, 0) is 0 Å². The maximum Gasteiger partial charge on any atom is 0.142 e. The third kappa shape index (κ3) is 3.50. The van der Waals surface area contributed by atoms with Gasteiger partial charge in [0.2, 0.25) is 0 Å². The zero-order valence-corrected chi connectivity index (χ0v) is 11.7. The lowest BCUT2D eigenvalue weighted by Crippen LogP contribution is -2.08. The van der Waals surface area contributed by atoms with Crippen LogP contribution >= 0.6 is 31.9 Å². The van der Waals surface area contributed by atoms with Crippen molar-refractivity contribution in [1.82, 2.24) is 0 Å². The van der Waals surface area contributed by atoms with E-state index in [2.05, 4.69) is 37.0 Å². The summed E-state index contributed by atoms with van der Waals surface area (Å²) in [5, 5.41) is 3.51. The summed E-state index contributed by atoms with van der Waals surface area (Å²) in [6, 6.07) is 3.82.